The standard InChI is InChI=1S/C11H7F3N2O/c1-17-9-3-2-7(4-5-15)8(6-16)10(9)11(12,13)14/h2-3H,4H2,1H3. The molecule has 0 spiro atoms. The third-order valence-corrected chi connectivity index (χ3v) is 2.14. The second-order valence-electron chi connectivity index (χ2n) is 3.12. The van der Waals surface area contributed by atoms with E-state index in [9.17, 15) is 13.2 Å². The Morgan fingerprint density at radius 1 is 1.29 bits per heavy atom. The fraction of sp³-hybridized carbons (Fsp3) is 0.273. The number of halogens is 3. The monoisotopic (exact) mass is 240 g/mol. The van der Waals surface area contributed by atoms with E-state index in [0.29, 0.717) is 0 Å². The van der Waals surface area contributed by atoms with Gasteiger partial charge in [-0.3, -0.25) is 0 Å². The van der Waals surface area contributed by atoms with Gasteiger partial charge in [0.2, 0.25) is 0 Å². The SMILES string of the molecule is COc1ccc(CC#N)c(C#N)c1C(F)(F)F. The second kappa shape index (κ2) is 4.75. The molecule has 0 aromatic heterocycles. The quantitative estimate of drug-likeness (QED) is 0.798. The van der Waals surface area contributed by atoms with Crippen LogP contribution in [0.1, 0.15) is 16.7 Å². The van der Waals surface area contributed by atoms with Crippen molar-refractivity contribution in [1.29, 1.82) is 10.5 Å². The predicted molar refractivity (Wildman–Crippen MR) is 52.0 cm³/mol. The maximum Gasteiger partial charge on any atom is 0.421 e. The number of nitrogens with zero attached hydrogens (tertiary/aromatic N) is 2. The summed E-state index contributed by atoms with van der Waals surface area (Å²) in [5, 5.41) is 17.3. The third-order valence-electron chi connectivity index (χ3n) is 2.14. The molecule has 1 rings (SSSR count). The van der Waals surface area contributed by atoms with Crippen LogP contribution in [0.4, 0.5) is 13.2 Å². The van der Waals surface area contributed by atoms with Crippen molar-refractivity contribution >= 4 is 0 Å². The summed E-state index contributed by atoms with van der Waals surface area (Å²) in [6.07, 6.45) is -4.95. The lowest BCUT2D eigenvalue weighted by Gasteiger charge is -2.15. The van der Waals surface area contributed by atoms with E-state index in [1.807, 2.05) is 0 Å². The number of hydrogen-bond donors (Lipinski definition) is 0. The van der Waals surface area contributed by atoms with Gasteiger partial charge in [-0.15, -0.1) is 0 Å². The minimum atomic E-state index is -4.69. The van der Waals surface area contributed by atoms with Crippen LogP contribution < -0.4 is 4.74 Å². The zero-order chi connectivity index (χ0) is 13.1. The second-order valence-corrected chi connectivity index (χ2v) is 3.12. The summed E-state index contributed by atoms with van der Waals surface area (Å²) in [4.78, 5) is 0. The van der Waals surface area contributed by atoms with Gasteiger partial charge in [0.15, 0.2) is 0 Å². The molecule has 0 aliphatic carbocycles. The number of ether oxygens (including phenoxy) is 1. The van der Waals surface area contributed by atoms with E-state index < -0.39 is 23.1 Å². The summed E-state index contributed by atoms with van der Waals surface area (Å²) in [5.41, 5.74) is -1.64. The summed E-state index contributed by atoms with van der Waals surface area (Å²) < 4.78 is 43.0. The Hall–Kier alpha value is -2.21. The molecule has 0 saturated heterocycles. The van der Waals surface area contributed by atoms with Crippen molar-refractivity contribution in [3.8, 4) is 17.9 Å². The molecule has 0 atom stereocenters. The molecule has 0 saturated carbocycles. The number of hydrogen-bond acceptors (Lipinski definition) is 3. The highest BCUT2D eigenvalue weighted by Gasteiger charge is 2.38. The van der Waals surface area contributed by atoms with Gasteiger partial charge in [-0.1, -0.05) is 6.07 Å². The van der Waals surface area contributed by atoms with Gasteiger partial charge in [-0.05, 0) is 11.6 Å². The molecule has 0 bridgehead atoms. The number of alkyl halides is 3. The lowest BCUT2D eigenvalue weighted by molar-refractivity contribution is -0.139. The van der Waals surface area contributed by atoms with E-state index in [1.54, 1.807) is 6.07 Å². The van der Waals surface area contributed by atoms with Crippen LogP contribution in [0, 0.1) is 22.7 Å². The molecular weight excluding hydrogens is 233 g/mol. The van der Waals surface area contributed by atoms with E-state index in [4.69, 9.17) is 10.5 Å². The van der Waals surface area contributed by atoms with E-state index >= 15 is 0 Å². The van der Waals surface area contributed by atoms with Crippen molar-refractivity contribution in [2.75, 3.05) is 7.11 Å². The molecule has 3 nitrogen and oxygen atoms in total. The first-order chi connectivity index (χ1) is 7.95. The zero-order valence-electron chi connectivity index (χ0n) is 8.80. The average Bonchev–Trinajstić information content (AvgIpc) is 2.27. The Kier molecular flexibility index (Phi) is 3.59. The number of methoxy groups -OCH3 is 1. The molecule has 17 heavy (non-hydrogen) atoms. The van der Waals surface area contributed by atoms with Crippen molar-refractivity contribution in [3.05, 3.63) is 28.8 Å². The van der Waals surface area contributed by atoms with Gasteiger partial charge < -0.3 is 4.74 Å². The Bertz CT molecular complexity index is 509. The Balaban J connectivity index is 3.58. The number of benzene rings is 1. The van der Waals surface area contributed by atoms with Gasteiger partial charge in [0.25, 0.3) is 0 Å². The first-order valence-corrected chi connectivity index (χ1v) is 4.49. The Labute approximate surface area is 95.7 Å². The van der Waals surface area contributed by atoms with E-state index in [2.05, 4.69) is 4.74 Å². The van der Waals surface area contributed by atoms with Gasteiger partial charge in [0.1, 0.15) is 17.4 Å². The predicted octanol–water partition coefficient (Wildman–Crippen LogP) is 2.65. The molecule has 0 aliphatic rings. The normalized spacial score (nSPS) is 10.5. The van der Waals surface area contributed by atoms with Crippen LogP contribution >= 0.6 is 0 Å². The molecular formula is C11H7F3N2O. The van der Waals surface area contributed by atoms with Crippen molar-refractivity contribution in [1.82, 2.24) is 0 Å². The molecule has 1 aromatic rings. The van der Waals surface area contributed by atoms with Crippen LogP contribution in [0.15, 0.2) is 12.1 Å². The number of rotatable bonds is 2. The van der Waals surface area contributed by atoms with Crippen molar-refractivity contribution in [2.24, 2.45) is 0 Å². The third kappa shape index (κ3) is 2.48. The van der Waals surface area contributed by atoms with Crippen molar-refractivity contribution in [2.45, 2.75) is 12.6 Å². The van der Waals surface area contributed by atoms with Gasteiger partial charge in [-0.25, -0.2) is 0 Å². The minimum absolute atomic E-state index is 0.0446. The summed E-state index contributed by atoms with van der Waals surface area (Å²) in [5.74, 6) is -0.421. The number of nitriles is 2. The van der Waals surface area contributed by atoms with Gasteiger partial charge >= 0.3 is 6.18 Å². The Morgan fingerprint density at radius 3 is 2.35 bits per heavy atom. The lowest BCUT2D eigenvalue weighted by atomic mass is 9.98. The highest BCUT2D eigenvalue weighted by molar-refractivity contribution is 5.53. The fourth-order valence-corrected chi connectivity index (χ4v) is 1.44. The van der Waals surface area contributed by atoms with E-state index in [0.717, 1.165) is 13.2 Å². The van der Waals surface area contributed by atoms with Gasteiger partial charge in [0, 0.05) is 0 Å². The van der Waals surface area contributed by atoms with Gasteiger partial charge in [0.05, 0.1) is 25.2 Å². The highest BCUT2D eigenvalue weighted by Crippen LogP contribution is 2.39. The van der Waals surface area contributed by atoms with E-state index in [1.165, 1.54) is 12.1 Å². The maximum atomic E-state index is 12.8. The van der Waals surface area contributed by atoms with Crippen LogP contribution in [-0.4, -0.2) is 7.11 Å². The van der Waals surface area contributed by atoms with Crippen LogP contribution in [-0.2, 0) is 12.6 Å². The summed E-state index contributed by atoms with van der Waals surface area (Å²) >= 11 is 0. The molecule has 88 valence electrons. The molecule has 0 radical (unpaired) electrons. The van der Waals surface area contributed by atoms with Crippen LogP contribution in [0.25, 0.3) is 0 Å². The molecule has 0 fully saturated rings. The minimum Gasteiger partial charge on any atom is -0.496 e. The average molecular weight is 240 g/mol. The Morgan fingerprint density at radius 2 is 1.94 bits per heavy atom. The van der Waals surface area contributed by atoms with Crippen LogP contribution in [0.2, 0.25) is 0 Å². The molecule has 0 amide bonds. The van der Waals surface area contributed by atoms with Crippen molar-refractivity contribution in [3.63, 3.8) is 0 Å². The smallest absolute Gasteiger partial charge is 0.421 e. The van der Waals surface area contributed by atoms with Crippen LogP contribution in [0.5, 0.6) is 5.75 Å². The highest BCUT2D eigenvalue weighted by atomic mass is 19.4. The molecule has 6 heteroatoms. The molecule has 0 aliphatic heterocycles. The molecule has 0 heterocycles. The molecule has 1 aromatic carbocycles. The lowest BCUT2D eigenvalue weighted by Crippen LogP contribution is -2.12. The summed E-state index contributed by atoms with van der Waals surface area (Å²) in [6, 6.07) is 5.59. The summed E-state index contributed by atoms with van der Waals surface area (Å²) in [7, 11) is 1.09. The van der Waals surface area contributed by atoms with Crippen molar-refractivity contribution < 1.29 is 17.9 Å². The topological polar surface area (TPSA) is 56.8 Å². The summed E-state index contributed by atoms with van der Waals surface area (Å²) in [6.45, 7) is 0. The first-order valence-electron chi connectivity index (χ1n) is 4.49. The maximum absolute atomic E-state index is 12.8. The zero-order valence-corrected chi connectivity index (χ0v) is 8.80. The van der Waals surface area contributed by atoms with Gasteiger partial charge in [-0.2, -0.15) is 23.7 Å². The van der Waals surface area contributed by atoms with E-state index in [-0.39, 0.29) is 12.0 Å². The first kappa shape index (κ1) is 12.9. The largest absolute Gasteiger partial charge is 0.496 e. The molecule has 0 N–H and O–H groups in total. The molecule has 0 unspecified atom stereocenters. The van der Waals surface area contributed by atoms with Crippen LogP contribution in [0.3, 0.4) is 0 Å². The fourth-order valence-electron chi connectivity index (χ4n) is 1.44.